The summed E-state index contributed by atoms with van der Waals surface area (Å²) in [5.74, 6) is 0.846. The van der Waals surface area contributed by atoms with Gasteiger partial charge in [-0.1, -0.05) is 0 Å². The second-order valence-electron chi connectivity index (χ2n) is 5.78. The summed E-state index contributed by atoms with van der Waals surface area (Å²) in [6.07, 6.45) is 4.37. The van der Waals surface area contributed by atoms with Gasteiger partial charge in [-0.2, -0.15) is 0 Å². The van der Waals surface area contributed by atoms with E-state index in [-0.39, 0.29) is 5.91 Å². The summed E-state index contributed by atoms with van der Waals surface area (Å²) in [6, 6.07) is 0. The smallest absolute Gasteiger partial charge is 0.222 e. The third-order valence-corrected chi connectivity index (χ3v) is 4.12. The normalized spacial score (nSPS) is 25.9. The molecule has 0 aliphatic carbocycles. The zero-order chi connectivity index (χ0) is 12.3. The number of hydrogen-bond donors (Lipinski definition) is 2. The van der Waals surface area contributed by atoms with Crippen LogP contribution in [0.3, 0.4) is 0 Å². The molecule has 0 atom stereocenters. The van der Waals surface area contributed by atoms with Gasteiger partial charge in [-0.25, -0.2) is 0 Å². The van der Waals surface area contributed by atoms with Gasteiger partial charge in [-0.3, -0.25) is 4.79 Å². The third kappa shape index (κ3) is 3.68. The molecule has 2 saturated heterocycles. The molecule has 0 aromatic heterocycles. The van der Waals surface area contributed by atoms with Crippen LogP contribution in [0, 0.1) is 5.92 Å². The third-order valence-electron chi connectivity index (χ3n) is 4.12. The second kappa shape index (κ2) is 5.36. The van der Waals surface area contributed by atoms with Crippen LogP contribution < -0.4 is 5.32 Å². The molecule has 1 amide bonds. The lowest BCUT2D eigenvalue weighted by Gasteiger charge is -2.36. The van der Waals surface area contributed by atoms with Crippen molar-refractivity contribution in [3.8, 4) is 0 Å². The molecule has 4 nitrogen and oxygen atoms in total. The molecule has 0 aromatic carbocycles. The van der Waals surface area contributed by atoms with Gasteiger partial charge in [0.15, 0.2) is 0 Å². The Morgan fingerprint density at radius 1 is 1.35 bits per heavy atom. The Hall–Kier alpha value is -0.610. The van der Waals surface area contributed by atoms with Crippen molar-refractivity contribution in [1.82, 2.24) is 10.2 Å². The minimum absolute atomic E-state index is 0.285. The van der Waals surface area contributed by atoms with E-state index in [1.54, 1.807) is 0 Å². The summed E-state index contributed by atoms with van der Waals surface area (Å²) in [4.78, 5) is 14.0. The Bertz CT molecular complexity index is 263. The van der Waals surface area contributed by atoms with Gasteiger partial charge in [-0.15, -0.1) is 0 Å². The average molecular weight is 240 g/mol. The Morgan fingerprint density at radius 2 is 1.94 bits per heavy atom. The Morgan fingerprint density at radius 3 is 2.53 bits per heavy atom. The van der Waals surface area contributed by atoms with Gasteiger partial charge in [0, 0.05) is 19.5 Å². The maximum absolute atomic E-state index is 12.1. The molecule has 17 heavy (non-hydrogen) atoms. The lowest BCUT2D eigenvalue weighted by atomic mass is 9.91. The molecule has 0 bridgehead atoms. The molecule has 0 unspecified atom stereocenters. The van der Waals surface area contributed by atoms with Gasteiger partial charge >= 0.3 is 0 Å². The summed E-state index contributed by atoms with van der Waals surface area (Å²) in [6.45, 7) is 5.40. The molecule has 2 aliphatic rings. The predicted octanol–water partition coefficient (Wildman–Crippen LogP) is 0.749. The van der Waals surface area contributed by atoms with Gasteiger partial charge in [0.25, 0.3) is 0 Å². The van der Waals surface area contributed by atoms with Gasteiger partial charge in [0.2, 0.25) is 5.91 Å². The average Bonchev–Trinajstić information content (AvgIpc) is 2.30. The molecule has 4 heteroatoms. The van der Waals surface area contributed by atoms with Crippen molar-refractivity contribution < 1.29 is 9.90 Å². The number of carbonyl (C=O) groups is 1. The van der Waals surface area contributed by atoms with Crippen molar-refractivity contribution in [1.29, 1.82) is 0 Å². The number of nitrogens with zero attached hydrogens (tertiary/aromatic N) is 1. The number of likely N-dealkylation sites (tertiary alicyclic amines) is 1. The van der Waals surface area contributed by atoms with Crippen LogP contribution in [0.2, 0.25) is 0 Å². The van der Waals surface area contributed by atoms with E-state index in [1.165, 1.54) is 0 Å². The van der Waals surface area contributed by atoms with Crippen LogP contribution in [0.5, 0.6) is 0 Å². The highest BCUT2D eigenvalue weighted by atomic mass is 16.3. The van der Waals surface area contributed by atoms with Crippen molar-refractivity contribution in [3.63, 3.8) is 0 Å². The zero-order valence-corrected chi connectivity index (χ0v) is 10.7. The number of piperidine rings is 2. The predicted molar refractivity (Wildman–Crippen MR) is 66.6 cm³/mol. The van der Waals surface area contributed by atoms with Gasteiger partial charge < -0.3 is 15.3 Å². The summed E-state index contributed by atoms with van der Waals surface area (Å²) < 4.78 is 0. The first-order valence-electron chi connectivity index (χ1n) is 6.78. The number of rotatable bonds is 2. The van der Waals surface area contributed by atoms with E-state index in [0.717, 1.165) is 39.0 Å². The molecular formula is C13H24N2O2. The zero-order valence-electron chi connectivity index (χ0n) is 10.7. The number of amides is 1. The van der Waals surface area contributed by atoms with Crippen LogP contribution >= 0.6 is 0 Å². The monoisotopic (exact) mass is 240 g/mol. The second-order valence-corrected chi connectivity index (χ2v) is 5.78. The molecule has 2 rings (SSSR count). The highest BCUT2D eigenvalue weighted by Gasteiger charge is 2.30. The number of carbonyl (C=O) groups excluding carboxylic acids is 1. The Kier molecular flexibility index (Phi) is 4.05. The summed E-state index contributed by atoms with van der Waals surface area (Å²) in [5, 5.41) is 13.2. The van der Waals surface area contributed by atoms with E-state index in [4.69, 9.17) is 0 Å². The van der Waals surface area contributed by atoms with E-state index in [2.05, 4.69) is 5.32 Å². The van der Waals surface area contributed by atoms with Crippen LogP contribution in [0.1, 0.15) is 39.0 Å². The quantitative estimate of drug-likeness (QED) is 0.749. The molecular weight excluding hydrogens is 216 g/mol. The lowest BCUT2D eigenvalue weighted by Crippen LogP contribution is -2.45. The fourth-order valence-corrected chi connectivity index (χ4v) is 2.70. The maximum Gasteiger partial charge on any atom is 0.222 e. The summed E-state index contributed by atoms with van der Waals surface area (Å²) in [7, 11) is 0. The highest BCUT2D eigenvalue weighted by molar-refractivity contribution is 5.76. The van der Waals surface area contributed by atoms with Crippen molar-refractivity contribution in [2.75, 3.05) is 26.2 Å². The Balaban J connectivity index is 1.76. The molecule has 2 heterocycles. The van der Waals surface area contributed by atoms with Crippen molar-refractivity contribution in [2.45, 2.75) is 44.6 Å². The van der Waals surface area contributed by atoms with Gasteiger partial charge in [0.05, 0.1) is 5.60 Å². The summed E-state index contributed by atoms with van der Waals surface area (Å²) in [5.41, 5.74) is -0.564. The fourth-order valence-electron chi connectivity index (χ4n) is 2.70. The van der Waals surface area contributed by atoms with E-state index >= 15 is 0 Å². The molecule has 2 fully saturated rings. The molecule has 2 aliphatic heterocycles. The largest absolute Gasteiger partial charge is 0.390 e. The maximum atomic E-state index is 12.1. The molecule has 98 valence electrons. The first-order chi connectivity index (χ1) is 8.07. The van der Waals surface area contributed by atoms with Crippen LogP contribution in [0.25, 0.3) is 0 Å². The Labute approximate surface area is 103 Å². The van der Waals surface area contributed by atoms with Gasteiger partial charge in [-0.05, 0) is 51.6 Å². The minimum atomic E-state index is -0.564. The first-order valence-corrected chi connectivity index (χ1v) is 6.78. The molecule has 2 N–H and O–H groups in total. The van der Waals surface area contributed by atoms with Gasteiger partial charge in [0.1, 0.15) is 0 Å². The number of aliphatic hydroxyl groups is 1. The number of hydrogen-bond acceptors (Lipinski definition) is 3. The lowest BCUT2D eigenvalue weighted by molar-refractivity contribution is -0.136. The highest BCUT2D eigenvalue weighted by Crippen LogP contribution is 2.23. The molecule has 0 spiro atoms. The van der Waals surface area contributed by atoms with Crippen LogP contribution in [-0.4, -0.2) is 47.7 Å². The number of nitrogens with one attached hydrogen (secondary N) is 1. The van der Waals surface area contributed by atoms with E-state index in [1.807, 2.05) is 11.8 Å². The SMILES string of the molecule is CC1(O)CCN(C(=O)CC2CCNCC2)CC1. The van der Waals surface area contributed by atoms with Crippen LogP contribution in [0.4, 0.5) is 0 Å². The molecule has 0 aromatic rings. The summed E-state index contributed by atoms with van der Waals surface area (Å²) >= 11 is 0. The van der Waals surface area contributed by atoms with Crippen molar-refractivity contribution in [3.05, 3.63) is 0 Å². The van der Waals surface area contributed by atoms with Crippen LogP contribution in [0.15, 0.2) is 0 Å². The first kappa shape index (κ1) is 12.8. The van der Waals surface area contributed by atoms with E-state index < -0.39 is 5.60 Å². The standard InChI is InChI=1S/C13H24N2O2/c1-13(17)4-8-15(9-5-13)12(16)10-11-2-6-14-7-3-11/h11,14,17H,2-10H2,1H3. The van der Waals surface area contributed by atoms with Crippen molar-refractivity contribution in [2.24, 2.45) is 5.92 Å². The topological polar surface area (TPSA) is 52.6 Å². The molecule has 0 saturated carbocycles. The van der Waals surface area contributed by atoms with Crippen LogP contribution in [-0.2, 0) is 4.79 Å². The fraction of sp³-hybridized carbons (Fsp3) is 0.923. The van der Waals surface area contributed by atoms with E-state index in [9.17, 15) is 9.90 Å². The molecule has 0 radical (unpaired) electrons. The van der Waals surface area contributed by atoms with E-state index in [0.29, 0.717) is 25.2 Å². The van der Waals surface area contributed by atoms with Crippen molar-refractivity contribution >= 4 is 5.91 Å². The minimum Gasteiger partial charge on any atom is -0.390 e.